The molecule has 0 bridgehead atoms. The van der Waals surface area contributed by atoms with Crippen LogP contribution in [0.2, 0.25) is 0 Å². The highest BCUT2D eigenvalue weighted by atomic mass is 16.7. The van der Waals surface area contributed by atoms with Crippen LogP contribution < -0.4 is 5.73 Å². The Morgan fingerprint density at radius 1 is 1.35 bits per heavy atom. The number of carbonyl (C=O) groups is 3. The number of rotatable bonds is 2. The Morgan fingerprint density at radius 3 is 2.59 bits per heavy atom. The lowest BCUT2D eigenvalue weighted by atomic mass is 9.89. The van der Waals surface area contributed by atoms with Crippen molar-refractivity contribution in [1.82, 2.24) is 5.06 Å². The van der Waals surface area contributed by atoms with Crippen molar-refractivity contribution in [3.8, 4) is 0 Å². The molecule has 1 unspecified atom stereocenters. The van der Waals surface area contributed by atoms with E-state index in [4.69, 9.17) is 5.73 Å². The summed E-state index contributed by atoms with van der Waals surface area (Å²) in [6.07, 6.45) is 0. The largest absolute Gasteiger partial charge is 0.369 e. The van der Waals surface area contributed by atoms with Gasteiger partial charge in [0.1, 0.15) is 5.92 Å². The van der Waals surface area contributed by atoms with E-state index < -0.39 is 23.6 Å². The molecule has 1 aliphatic heterocycles. The van der Waals surface area contributed by atoms with E-state index in [1.54, 1.807) is 12.1 Å². The van der Waals surface area contributed by atoms with Gasteiger partial charge in [-0.05, 0) is 11.6 Å². The lowest BCUT2D eigenvalue weighted by Crippen LogP contribution is -2.47. The first-order valence-electron chi connectivity index (χ1n) is 4.88. The number of imide groups is 1. The summed E-state index contributed by atoms with van der Waals surface area (Å²) < 4.78 is 0. The van der Waals surface area contributed by atoms with Gasteiger partial charge in [0.2, 0.25) is 5.91 Å². The van der Waals surface area contributed by atoms with E-state index in [2.05, 4.69) is 4.84 Å². The summed E-state index contributed by atoms with van der Waals surface area (Å²) in [5.74, 6) is -3.34. The summed E-state index contributed by atoms with van der Waals surface area (Å²) in [7, 11) is 1.18. The summed E-state index contributed by atoms with van der Waals surface area (Å²) in [4.78, 5) is 39.7. The quantitative estimate of drug-likeness (QED) is 0.566. The number of nitrogens with zero attached hydrogens (tertiary/aromatic N) is 1. The van der Waals surface area contributed by atoms with Crippen LogP contribution >= 0.6 is 0 Å². The van der Waals surface area contributed by atoms with Gasteiger partial charge in [-0.3, -0.25) is 19.2 Å². The SMILES string of the molecule is CON1C(=O)c2ccccc2C(C(N)=O)C1=O. The van der Waals surface area contributed by atoms with Crippen molar-refractivity contribution in [2.45, 2.75) is 5.92 Å². The monoisotopic (exact) mass is 234 g/mol. The summed E-state index contributed by atoms with van der Waals surface area (Å²) in [6, 6.07) is 6.33. The summed E-state index contributed by atoms with van der Waals surface area (Å²) in [6.45, 7) is 0. The Labute approximate surface area is 96.9 Å². The molecule has 1 aliphatic rings. The van der Waals surface area contributed by atoms with Gasteiger partial charge in [-0.2, -0.15) is 0 Å². The van der Waals surface area contributed by atoms with Crippen LogP contribution in [0.15, 0.2) is 24.3 Å². The molecule has 0 saturated carbocycles. The molecule has 2 rings (SSSR count). The topological polar surface area (TPSA) is 89.7 Å². The van der Waals surface area contributed by atoms with Gasteiger partial charge in [0.05, 0.1) is 7.11 Å². The number of carbonyl (C=O) groups excluding carboxylic acids is 3. The Kier molecular flexibility index (Phi) is 2.64. The van der Waals surface area contributed by atoms with Crippen LogP contribution in [-0.2, 0) is 14.4 Å². The predicted molar refractivity (Wildman–Crippen MR) is 56.6 cm³/mol. The van der Waals surface area contributed by atoms with E-state index in [1.165, 1.54) is 19.2 Å². The first-order chi connectivity index (χ1) is 8.07. The van der Waals surface area contributed by atoms with Crippen LogP contribution in [0.5, 0.6) is 0 Å². The van der Waals surface area contributed by atoms with Crippen molar-refractivity contribution < 1.29 is 19.2 Å². The van der Waals surface area contributed by atoms with Crippen LogP contribution in [0.3, 0.4) is 0 Å². The van der Waals surface area contributed by atoms with Crippen LogP contribution in [0, 0.1) is 0 Å². The molecule has 0 radical (unpaired) electrons. The Bertz CT molecular complexity index is 512. The zero-order chi connectivity index (χ0) is 12.6. The number of hydrogen-bond acceptors (Lipinski definition) is 4. The van der Waals surface area contributed by atoms with Crippen molar-refractivity contribution in [1.29, 1.82) is 0 Å². The predicted octanol–water partition coefficient (Wildman–Crippen LogP) is -0.201. The zero-order valence-electron chi connectivity index (χ0n) is 9.04. The number of fused-ring (bicyclic) bond motifs is 1. The summed E-state index contributed by atoms with van der Waals surface area (Å²) in [5.41, 5.74) is 5.75. The molecular formula is C11H10N2O4. The second kappa shape index (κ2) is 3.99. The average molecular weight is 234 g/mol. The fraction of sp³-hybridized carbons (Fsp3) is 0.182. The molecule has 0 aliphatic carbocycles. The second-order valence-corrected chi connectivity index (χ2v) is 3.54. The molecular weight excluding hydrogens is 224 g/mol. The molecule has 1 atom stereocenters. The number of benzene rings is 1. The van der Waals surface area contributed by atoms with Crippen molar-refractivity contribution >= 4 is 17.7 Å². The van der Waals surface area contributed by atoms with E-state index in [9.17, 15) is 14.4 Å². The molecule has 2 N–H and O–H groups in total. The Hall–Kier alpha value is -2.21. The molecule has 0 saturated heterocycles. The highest BCUT2D eigenvalue weighted by Gasteiger charge is 2.42. The number of hydroxylamine groups is 2. The van der Waals surface area contributed by atoms with Gasteiger partial charge >= 0.3 is 0 Å². The number of hydrogen-bond donors (Lipinski definition) is 1. The van der Waals surface area contributed by atoms with Gasteiger partial charge in [-0.25, -0.2) is 0 Å². The molecule has 1 aromatic rings. The highest BCUT2D eigenvalue weighted by Crippen LogP contribution is 2.28. The van der Waals surface area contributed by atoms with Crippen LogP contribution in [0.25, 0.3) is 0 Å². The molecule has 17 heavy (non-hydrogen) atoms. The fourth-order valence-electron chi connectivity index (χ4n) is 1.85. The Morgan fingerprint density at radius 2 is 2.00 bits per heavy atom. The van der Waals surface area contributed by atoms with Gasteiger partial charge in [-0.15, -0.1) is 5.06 Å². The average Bonchev–Trinajstić information content (AvgIpc) is 2.29. The molecule has 88 valence electrons. The standard InChI is InChI=1S/C11H10N2O4/c1-17-13-10(15)7-5-3-2-4-6(7)8(9(12)14)11(13)16/h2-5,8H,1H3,(H2,12,14). The highest BCUT2D eigenvalue weighted by molar-refractivity contribution is 6.17. The van der Waals surface area contributed by atoms with Crippen LogP contribution in [-0.4, -0.2) is 29.9 Å². The smallest absolute Gasteiger partial charge is 0.285 e. The molecule has 1 aromatic carbocycles. The fourth-order valence-corrected chi connectivity index (χ4v) is 1.85. The lowest BCUT2D eigenvalue weighted by Gasteiger charge is -2.28. The number of nitrogens with two attached hydrogens (primary N) is 1. The zero-order valence-corrected chi connectivity index (χ0v) is 9.04. The van der Waals surface area contributed by atoms with Crippen molar-refractivity contribution in [2.75, 3.05) is 7.11 Å². The number of primary amides is 1. The first-order valence-corrected chi connectivity index (χ1v) is 4.88. The van der Waals surface area contributed by atoms with Crippen molar-refractivity contribution in [2.24, 2.45) is 5.73 Å². The van der Waals surface area contributed by atoms with Gasteiger partial charge in [-0.1, -0.05) is 18.2 Å². The van der Waals surface area contributed by atoms with Crippen molar-refractivity contribution in [3.05, 3.63) is 35.4 Å². The van der Waals surface area contributed by atoms with E-state index in [1.807, 2.05) is 0 Å². The maximum atomic E-state index is 11.9. The molecule has 0 fully saturated rings. The minimum atomic E-state index is -1.18. The lowest BCUT2D eigenvalue weighted by molar-refractivity contribution is -0.165. The number of amides is 3. The maximum absolute atomic E-state index is 11.9. The minimum absolute atomic E-state index is 0.248. The van der Waals surface area contributed by atoms with E-state index in [0.717, 1.165) is 0 Å². The van der Waals surface area contributed by atoms with Crippen LogP contribution in [0.1, 0.15) is 21.8 Å². The normalized spacial score (nSPS) is 19.1. The van der Waals surface area contributed by atoms with Gasteiger partial charge in [0.15, 0.2) is 0 Å². The maximum Gasteiger partial charge on any atom is 0.285 e. The third-order valence-electron chi connectivity index (χ3n) is 2.60. The Balaban J connectivity index is 2.63. The molecule has 3 amide bonds. The van der Waals surface area contributed by atoms with E-state index >= 15 is 0 Å². The van der Waals surface area contributed by atoms with E-state index in [0.29, 0.717) is 10.6 Å². The molecule has 1 heterocycles. The minimum Gasteiger partial charge on any atom is -0.369 e. The summed E-state index contributed by atoms with van der Waals surface area (Å²) >= 11 is 0. The first kappa shape index (κ1) is 11.3. The van der Waals surface area contributed by atoms with Gasteiger partial charge < -0.3 is 5.73 Å². The molecule has 0 aromatic heterocycles. The van der Waals surface area contributed by atoms with Crippen LogP contribution in [0.4, 0.5) is 0 Å². The molecule has 0 spiro atoms. The third kappa shape index (κ3) is 1.58. The second-order valence-electron chi connectivity index (χ2n) is 3.54. The van der Waals surface area contributed by atoms with E-state index in [-0.39, 0.29) is 5.56 Å². The molecule has 6 nitrogen and oxygen atoms in total. The molecule has 6 heteroatoms. The summed E-state index contributed by atoms with van der Waals surface area (Å²) in [5, 5.41) is 0.553. The van der Waals surface area contributed by atoms with Gasteiger partial charge in [0.25, 0.3) is 11.8 Å². The third-order valence-corrected chi connectivity index (χ3v) is 2.60. The van der Waals surface area contributed by atoms with Crippen molar-refractivity contribution in [3.63, 3.8) is 0 Å². The van der Waals surface area contributed by atoms with Gasteiger partial charge in [0, 0.05) is 5.56 Å².